The molecule has 0 spiro atoms. The lowest BCUT2D eigenvalue weighted by atomic mass is 10.0. The quantitative estimate of drug-likeness (QED) is 0.180. The van der Waals surface area contributed by atoms with Gasteiger partial charge in [0, 0.05) is 55.8 Å². The maximum absolute atomic E-state index is 13.3. The van der Waals surface area contributed by atoms with Crippen molar-refractivity contribution in [3.8, 4) is 59.0 Å². The molecule has 0 fully saturated rings. The van der Waals surface area contributed by atoms with Crippen LogP contribution in [0.2, 0.25) is 0 Å². The highest BCUT2D eigenvalue weighted by Gasteiger charge is 2.26. The molecule has 0 unspecified atom stereocenters. The van der Waals surface area contributed by atoms with Gasteiger partial charge in [0.2, 0.25) is 0 Å². The predicted molar refractivity (Wildman–Crippen MR) is 165 cm³/mol. The van der Waals surface area contributed by atoms with Gasteiger partial charge in [-0.25, -0.2) is 0 Å². The molecule has 5 aromatic rings. The van der Waals surface area contributed by atoms with E-state index in [4.69, 9.17) is 12.2 Å². The van der Waals surface area contributed by atoms with Gasteiger partial charge in [0.15, 0.2) is 5.78 Å². The van der Waals surface area contributed by atoms with Crippen molar-refractivity contribution in [3.05, 3.63) is 159 Å². The number of rotatable bonds is 0. The summed E-state index contributed by atoms with van der Waals surface area (Å²) >= 11 is 0. The molecule has 2 N–H and O–H groups in total. The smallest absolute Gasteiger partial charge is 0.194 e. The highest BCUT2D eigenvalue weighted by Crippen LogP contribution is 2.37. The molecule has 2 nitrogen and oxygen atoms in total. The van der Waals surface area contributed by atoms with Gasteiger partial charge in [-0.2, -0.15) is 0 Å². The van der Waals surface area contributed by atoms with E-state index in [9.17, 15) is 4.79 Å². The highest BCUT2D eigenvalue weighted by molar-refractivity contribution is 6.22. The van der Waals surface area contributed by atoms with Crippen LogP contribution in [0.3, 0.4) is 0 Å². The van der Waals surface area contributed by atoms with Crippen molar-refractivity contribution in [1.29, 1.82) is 0 Å². The first-order valence-corrected chi connectivity index (χ1v) is 13.0. The Balaban J connectivity index is 1.18. The summed E-state index contributed by atoms with van der Waals surface area (Å²) in [5, 5.41) is 0. The molecule has 0 aromatic heterocycles. The van der Waals surface area contributed by atoms with E-state index in [2.05, 4.69) is 41.4 Å². The van der Waals surface area contributed by atoms with Crippen molar-refractivity contribution in [2.45, 2.75) is 0 Å². The fraction of sp³-hybridized carbons (Fsp3) is 0. The van der Waals surface area contributed by atoms with Crippen LogP contribution in [-0.4, -0.2) is 5.78 Å². The van der Waals surface area contributed by atoms with Crippen LogP contribution in [0.25, 0.3) is 11.1 Å². The van der Waals surface area contributed by atoms with Crippen LogP contribution in [0.15, 0.2) is 109 Å². The zero-order valence-electron chi connectivity index (χ0n) is 22.0. The summed E-state index contributed by atoms with van der Waals surface area (Å²) in [5.74, 6) is 21.6. The first-order chi connectivity index (χ1) is 20.1. The summed E-state index contributed by atoms with van der Waals surface area (Å²) in [6.07, 6.45) is 5.42. The SMILES string of the molecule is C#Cc1ccc(C#Cc2ccc3c(c2)C(=O)c2cc(C#Cc4ccc(C#Cc5ccc(N)cc5)cc4)ccc2-3)cc1. The summed E-state index contributed by atoms with van der Waals surface area (Å²) in [4.78, 5) is 13.3. The van der Waals surface area contributed by atoms with Crippen molar-refractivity contribution in [2.75, 3.05) is 5.73 Å². The number of carbonyl (C=O) groups is 1. The normalized spacial score (nSPS) is 10.5. The lowest BCUT2D eigenvalue weighted by Gasteiger charge is -2.00. The Morgan fingerprint density at radius 2 is 0.732 bits per heavy atom. The number of hydrogen-bond donors (Lipinski definition) is 1. The van der Waals surface area contributed by atoms with Crippen LogP contribution in [0.4, 0.5) is 5.69 Å². The molecule has 1 aliphatic rings. The highest BCUT2D eigenvalue weighted by atomic mass is 16.1. The molecule has 0 bridgehead atoms. The van der Waals surface area contributed by atoms with Gasteiger partial charge in [-0.1, -0.05) is 53.6 Å². The van der Waals surface area contributed by atoms with Crippen LogP contribution in [0, 0.1) is 47.9 Å². The van der Waals surface area contributed by atoms with Crippen molar-refractivity contribution in [1.82, 2.24) is 0 Å². The van der Waals surface area contributed by atoms with Crippen LogP contribution in [0.1, 0.15) is 54.9 Å². The Labute approximate surface area is 239 Å². The fourth-order valence-electron chi connectivity index (χ4n) is 4.52. The molecule has 0 atom stereocenters. The Kier molecular flexibility index (Phi) is 6.67. The molecule has 0 saturated carbocycles. The van der Waals surface area contributed by atoms with Gasteiger partial charge in [-0.15, -0.1) is 6.42 Å². The van der Waals surface area contributed by atoms with Gasteiger partial charge in [0.05, 0.1) is 0 Å². The van der Waals surface area contributed by atoms with Gasteiger partial charge in [0.1, 0.15) is 0 Å². The number of benzene rings is 5. The Morgan fingerprint density at radius 1 is 0.415 bits per heavy atom. The Bertz CT molecular complexity index is 2060. The maximum Gasteiger partial charge on any atom is 0.194 e. The van der Waals surface area contributed by atoms with Gasteiger partial charge in [0.25, 0.3) is 0 Å². The molecule has 188 valence electrons. The minimum Gasteiger partial charge on any atom is -0.399 e. The van der Waals surface area contributed by atoms with E-state index in [1.807, 2.05) is 109 Å². The summed E-state index contributed by atoms with van der Waals surface area (Å²) in [6, 6.07) is 34.3. The largest absolute Gasteiger partial charge is 0.399 e. The van der Waals surface area contributed by atoms with Crippen molar-refractivity contribution in [2.24, 2.45) is 0 Å². The van der Waals surface area contributed by atoms with Crippen LogP contribution in [-0.2, 0) is 0 Å². The van der Waals surface area contributed by atoms with Crippen LogP contribution >= 0.6 is 0 Å². The van der Waals surface area contributed by atoms with E-state index in [0.29, 0.717) is 11.1 Å². The lowest BCUT2D eigenvalue weighted by Crippen LogP contribution is -1.96. The molecule has 41 heavy (non-hydrogen) atoms. The number of nitrogen functional groups attached to an aromatic ring is 1. The van der Waals surface area contributed by atoms with E-state index in [0.717, 1.165) is 55.8 Å². The minimum absolute atomic E-state index is 0.00953. The average Bonchev–Trinajstić information content (AvgIpc) is 3.29. The third kappa shape index (κ3) is 5.51. The Hall–Kier alpha value is -6.19. The van der Waals surface area contributed by atoms with E-state index in [-0.39, 0.29) is 5.78 Å². The van der Waals surface area contributed by atoms with E-state index in [1.54, 1.807) is 0 Å². The maximum atomic E-state index is 13.3. The molecule has 6 rings (SSSR count). The average molecular weight is 520 g/mol. The van der Waals surface area contributed by atoms with Crippen LogP contribution < -0.4 is 5.73 Å². The zero-order chi connectivity index (χ0) is 28.2. The second kappa shape index (κ2) is 10.9. The first-order valence-electron chi connectivity index (χ1n) is 13.0. The van der Waals surface area contributed by atoms with Gasteiger partial charge in [-0.3, -0.25) is 4.79 Å². The molecular weight excluding hydrogens is 498 g/mol. The predicted octanol–water partition coefficient (Wildman–Crippen LogP) is 6.66. The third-order valence-electron chi connectivity index (χ3n) is 6.72. The molecule has 0 amide bonds. The monoisotopic (exact) mass is 519 g/mol. The molecule has 0 heterocycles. The number of fused-ring (bicyclic) bond motifs is 3. The molecule has 1 aliphatic carbocycles. The van der Waals surface area contributed by atoms with E-state index >= 15 is 0 Å². The lowest BCUT2D eigenvalue weighted by molar-refractivity contribution is 0.104. The molecule has 2 heteroatoms. The Morgan fingerprint density at radius 3 is 1.12 bits per heavy atom. The topological polar surface area (TPSA) is 43.1 Å². The van der Waals surface area contributed by atoms with E-state index in [1.165, 1.54) is 0 Å². The molecule has 0 aliphatic heterocycles. The van der Waals surface area contributed by atoms with E-state index < -0.39 is 0 Å². The second-order valence-electron chi connectivity index (χ2n) is 9.52. The van der Waals surface area contributed by atoms with Crippen molar-refractivity contribution in [3.63, 3.8) is 0 Å². The zero-order valence-corrected chi connectivity index (χ0v) is 22.0. The van der Waals surface area contributed by atoms with Crippen LogP contribution in [0.5, 0.6) is 0 Å². The molecular formula is C39H21NO. The molecule has 5 aromatic carbocycles. The fourth-order valence-corrected chi connectivity index (χ4v) is 4.52. The van der Waals surface area contributed by atoms with Crippen molar-refractivity contribution < 1.29 is 4.79 Å². The summed E-state index contributed by atoms with van der Waals surface area (Å²) in [6.45, 7) is 0. The third-order valence-corrected chi connectivity index (χ3v) is 6.72. The minimum atomic E-state index is -0.00953. The number of hydrogen-bond acceptors (Lipinski definition) is 2. The van der Waals surface area contributed by atoms with Gasteiger partial charge >= 0.3 is 0 Å². The molecule has 0 saturated heterocycles. The summed E-state index contributed by atoms with van der Waals surface area (Å²) < 4.78 is 0. The standard InChI is InChI=1S/C39H21NO/c1-2-27-3-5-28(6-4-27)13-15-32-19-23-35-36-24-20-33(26-38(36)39(41)37(35)25-32)16-14-30-9-7-29(8-10-30)11-12-31-17-21-34(40)22-18-31/h1,3-10,17-26H,40H2. The van der Waals surface area contributed by atoms with Crippen molar-refractivity contribution >= 4 is 11.5 Å². The summed E-state index contributed by atoms with van der Waals surface area (Å²) in [5.41, 5.74) is 15.5. The number of anilines is 1. The number of ketones is 1. The first kappa shape index (κ1) is 25.1. The number of carbonyl (C=O) groups excluding carboxylic acids is 1. The van der Waals surface area contributed by atoms with Gasteiger partial charge in [-0.05, 0) is 108 Å². The summed E-state index contributed by atoms with van der Waals surface area (Å²) in [7, 11) is 0. The van der Waals surface area contributed by atoms with Gasteiger partial charge < -0.3 is 5.73 Å². The number of terminal acetylenes is 1. The molecule has 0 radical (unpaired) electrons. The number of nitrogens with two attached hydrogens (primary N) is 1. The second-order valence-corrected chi connectivity index (χ2v) is 9.52.